The molecule has 2 unspecified atom stereocenters. The lowest BCUT2D eigenvalue weighted by molar-refractivity contribution is 0.103. The maximum Gasteiger partial charge on any atom is 0.267 e. The van der Waals surface area contributed by atoms with E-state index in [1.165, 1.54) is 23.5 Å². The van der Waals surface area contributed by atoms with Gasteiger partial charge in [0.05, 0.1) is 17.1 Å². The van der Waals surface area contributed by atoms with E-state index in [1.54, 1.807) is 17.5 Å². The third-order valence-corrected chi connectivity index (χ3v) is 9.08. The number of aliphatic imine (C=N–C) groups is 1. The van der Waals surface area contributed by atoms with Gasteiger partial charge < -0.3 is 10.6 Å². The standard InChI is InChI=1S/C26H27N7OS2/c1-15(9-27-3)25-29-16(2)23(36-25)24(34)30-21-7-5-4-6-20(21)22-13-33-19(14-35-26(33)31-22)12-32-11-17-8-18(32)10-28-17/h4-7,9,13-14,17-18,28H,3,8,10-12H2,1-2H3,(H,30,34)/b15-9+. The van der Waals surface area contributed by atoms with Crippen LogP contribution in [0, 0.1) is 6.92 Å². The topological polar surface area (TPSA) is 86.9 Å². The lowest BCUT2D eigenvalue weighted by Gasteiger charge is -2.26. The Hall–Kier alpha value is -3.18. The fourth-order valence-electron chi connectivity index (χ4n) is 5.08. The number of allylic oxidation sites excluding steroid dienone is 1. The van der Waals surface area contributed by atoms with Gasteiger partial charge in [0, 0.05) is 66.3 Å². The molecule has 6 rings (SSSR count). The number of amides is 1. The van der Waals surface area contributed by atoms with Crippen molar-refractivity contribution in [2.45, 2.75) is 38.9 Å². The Bertz CT molecular complexity index is 1500. The number of thiazole rings is 2. The van der Waals surface area contributed by atoms with Crippen LogP contribution in [0.2, 0.25) is 0 Å². The third-order valence-electron chi connectivity index (χ3n) is 6.89. The van der Waals surface area contributed by atoms with Crippen LogP contribution in [0.25, 0.3) is 21.8 Å². The van der Waals surface area contributed by atoms with Crippen molar-refractivity contribution in [2.24, 2.45) is 4.99 Å². The number of aryl methyl sites for hydroxylation is 1. The molecule has 2 aliphatic heterocycles. The van der Waals surface area contributed by atoms with Crippen molar-refractivity contribution >= 4 is 51.5 Å². The molecule has 0 radical (unpaired) electrons. The fourth-order valence-corrected chi connectivity index (χ4v) is 6.88. The molecule has 2 atom stereocenters. The highest BCUT2D eigenvalue weighted by Crippen LogP contribution is 2.32. The predicted molar refractivity (Wildman–Crippen MR) is 147 cm³/mol. The zero-order valence-electron chi connectivity index (χ0n) is 20.2. The molecule has 0 spiro atoms. The summed E-state index contributed by atoms with van der Waals surface area (Å²) in [6.07, 6.45) is 4.99. The van der Waals surface area contributed by atoms with Gasteiger partial charge in [-0.05, 0) is 33.1 Å². The summed E-state index contributed by atoms with van der Waals surface area (Å²) in [4.78, 5) is 30.6. The zero-order valence-corrected chi connectivity index (χ0v) is 21.8. The molecule has 36 heavy (non-hydrogen) atoms. The van der Waals surface area contributed by atoms with Crippen LogP contribution in [0.4, 0.5) is 5.69 Å². The summed E-state index contributed by atoms with van der Waals surface area (Å²) in [6.45, 7) is 10.4. The molecule has 2 bridgehead atoms. The smallest absolute Gasteiger partial charge is 0.267 e. The fraction of sp³-hybridized carbons (Fsp3) is 0.308. The van der Waals surface area contributed by atoms with Gasteiger partial charge in [-0.2, -0.15) is 0 Å². The third kappa shape index (κ3) is 4.20. The van der Waals surface area contributed by atoms with E-state index in [1.807, 2.05) is 38.1 Å². The van der Waals surface area contributed by atoms with Gasteiger partial charge >= 0.3 is 0 Å². The maximum absolute atomic E-state index is 13.2. The maximum atomic E-state index is 13.2. The summed E-state index contributed by atoms with van der Waals surface area (Å²) < 4.78 is 2.19. The minimum atomic E-state index is -0.178. The molecule has 3 aromatic heterocycles. The molecule has 0 saturated carbocycles. The monoisotopic (exact) mass is 517 g/mol. The normalized spacial score (nSPS) is 19.9. The molecule has 184 valence electrons. The van der Waals surface area contributed by atoms with Gasteiger partial charge in [-0.25, -0.2) is 9.97 Å². The first-order chi connectivity index (χ1) is 17.5. The van der Waals surface area contributed by atoms with Gasteiger partial charge in [-0.15, -0.1) is 22.7 Å². The molecule has 8 nitrogen and oxygen atoms in total. The predicted octanol–water partition coefficient (Wildman–Crippen LogP) is 4.69. The number of benzene rings is 1. The minimum Gasteiger partial charge on any atom is -0.321 e. The number of aromatic nitrogens is 3. The number of fused-ring (bicyclic) bond motifs is 3. The van der Waals surface area contributed by atoms with Crippen LogP contribution in [0.3, 0.4) is 0 Å². The lowest BCUT2D eigenvalue weighted by atomic mass is 10.1. The van der Waals surface area contributed by atoms with Crippen molar-refractivity contribution in [1.29, 1.82) is 0 Å². The summed E-state index contributed by atoms with van der Waals surface area (Å²) in [5, 5.41) is 9.64. The van der Waals surface area contributed by atoms with Crippen molar-refractivity contribution < 1.29 is 4.79 Å². The Morgan fingerprint density at radius 1 is 1.36 bits per heavy atom. The van der Waals surface area contributed by atoms with Gasteiger partial charge in [0.2, 0.25) is 0 Å². The summed E-state index contributed by atoms with van der Waals surface area (Å²) in [7, 11) is 0. The van der Waals surface area contributed by atoms with Crippen LogP contribution in [0.1, 0.15) is 39.4 Å². The molecule has 4 aromatic rings. The number of carbonyl (C=O) groups is 1. The Labute approximate surface area is 217 Å². The van der Waals surface area contributed by atoms with E-state index in [0.717, 1.165) is 52.1 Å². The summed E-state index contributed by atoms with van der Waals surface area (Å²) in [5.41, 5.74) is 5.30. The summed E-state index contributed by atoms with van der Waals surface area (Å²) in [6, 6.07) is 9.08. The highest BCUT2D eigenvalue weighted by atomic mass is 32.1. The average molecular weight is 518 g/mol. The molecule has 2 fully saturated rings. The van der Waals surface area contributed by atoms with E-state index < -0.39 is 0 Å². The van der Waals surface area contributed by atoms with Crippen LogP contribution in [0.5, 0.6) is 0 Å². The van der Waals surface area contributed by atoms with Crippen LogP contribution in [-0.4, -0.2) is 57.1 Å². The molecule has 0 aliphatic carbocycles. The molecule has 2 saturated heterocycles. The lowest BCUT2D eigenvalue weighted by Crippen LogP contribution is -2.43. The number of anilines is 1. The minimum absolute atomic E-state index is 0.178. The number of rotatable bonds is 7. The Balaban J connectivity index is 1.26. The Morgan fingerprint density at radius 2 is 2.22 bits per heavy atom. The molecule has 1 aromatic carbocycles. The van der Waals surface area contributed by atoms with Crippen molar-refractivity contribution in [3.8, 4) is 11.3 Å². The number of likely N-dealkylation sites (tertiary alicyclic amines) is 1. The van der Waals surface area contributed by atoms with Crippen LogP contribution in [0.15, 0.2) is 47.0 Å². The number of hydrogen-bond donors (Lipinski definition) is 2. The molecule has 5 heterocycles. The number of carbonyl (C=O) groups excluding carboxylic acids is 1. The SMILES string of the molecule is C=N/C=C(\C)c1nc(C)c(C(=O)Nc2ccccc2-c2cn3c(CN4CC5CC4CN5)csc3n2)s1. The first-order valence-electron chi connectivity index (χ1n) is 11.9. The second-order valence-corrected chi connectivity index (χ2v) is 11.2. The van der Waals surface area contributed by atoms with E-state index in [2.05, 4.69) is 48.2 Å². The second-order valence-electron chi connectivity index (χ2n) is 9.36. The number of piperazine rings is 1. The second kappa shape index (κ2) is 9.36. The van der Waals surface area contributed by atoms with E-state index in [9.17, 15) is 4.79 Å². The highest BCUT2D eigenvalue weighted by Gasteiger charge is 2.37. The summed E-state index contributed by atoms with van der Waals surface area (Å²) >= 11 is 3.02. The quantitative estimate of drug-likeness (QED) is 0.348. The van der Waals surface area contributed by atoms with E-state index in [-0.39, 0.29) is 5.91 Å². The first kappa shape index (κ1) is 23.2. The summed E-state index contributed by atoms with van der Waals surface area (Å²) in [5.74, 6) is -0.178. The van der Waals surface area contributed by atoms with Crippen LogP contribution in [-0.2, 0) is 6.54 Å². The van der Waals surface area contributed by atoms with Crippen LogP contribution >= 0.6 is 22.7 Å². The van der Waals surface area contributed by atoms with E-state index in [0.29, 0.717) is 22.7 Å². The molecule has 1 amide bonds. The molecule has 2 N–H and O–H groups in total. The Morgan fingerprint density at radius 3 is 3.00 bits per heavy atom. The van der Waals surface area contributed by atoms with Crippen LogP contribution < -0.4 is 10.6 Å². The number of nitrogens with zero attached hydrogens (tertiary/aromatic N) is 5. The first-order valence-corrected chi connectivity index (χ1v) is 13.6. The van der Waals surface area contributed by atoms with Crippen molar-refractivity contribution in [3.05, 3.63) is 63.3 Å². The van der Waals surface area contributed by atoms with Gasteiger partial charge in [-0.3, -0.25) is 19.1 Å². The van der Waals surface area contributed by atoms with Crippen molar-refractivity contribution in [2.75, 3.05) is 18.4 Å². The van der Waals surface area contributed by atoms with Gasteiger partial charge in [0.1, 0.15) is 9.88 Å². The number of nitrogens with one attached hydrogen (secondary N) is 2. The Kier molecular flexibility index (Phi) is 6.04. The van der Waals surface area contributed by atoms with Crippen molar-refractivity contribution in [1.82, 2.24) is 24.6 Å². The van der Waals surface area contributed by atoms with Gasteiger partial charge in [0.15, 0.2) is 4.96 Å². The average Bonchev–Trinajstić information content (AvgIpc) is 3.68. The van der Waals surface area contributed by atoms with Gasteiger partial charge in [-0.1, -0.05) is 18.2 Å². The largest absolute Gasteiger partial charge is 0.321 e. The van der Waals surface area contributed by atoms with E-state index in [4.69, 9.17) is 4.98 Å². The molecule has 10 heteroatoms. The number of para-hydroxylation sites is 1. The zero-order chi connectivity index (χ0) is 24.8. The van der Waals surface area contributed by atoms with Crippen molar-refractivity contribution in [3.63, 3.8) is 0 Å². The van der Waals surface area contributed by atoms with Gasteiger partial charge in [0.25, 0.3) is 5.91 Å². The number of hydrogen-bond acceptors (Lipinski definition) is 8. The molecule has 2 aliphatic rings. The molecular formula is C26H27N7OS2. The number of imidazole rings is 1. The van der Waals surface area contributed by atoms with E-state index >= 15 is 0 Å². The highest BCUT2D eigenvalue weighted by molar-refractivity contribution is 7.15. The molecular weight excluding hydrogens is 490 g/mol.